The number of pyridine rings is 2. The molecule has 0 aliphatic rings. The molecule has 0 radical (unpaired) electrons. The van der Waals surface area contributed by atoms with Crippen molar-refractivity contribution in [2.24, 2.45) is 5.92 Å². The zero-order valence-corrected chi connectivity index (χ0v) is 18.9. The summed E-state index contributed by atoms with van der Waals surface area (Å²) >= 11 is 5.79. The van der Waals surface area contributed by atoms with Gasteiger partial charge in [-0.05, 0) is 36.5 Å². The number of nitrogens with one attached hydrogen (secondary N) is 1. The number of aromatic carboxylic acids is 1. The van der Waals surface area contributed by atoms with Gasteiger partial charge in [0.25, 0.3) is 0 Å². The second-order valence-electron chi connectivity index (χ2n) is 7.54. The molecule has 0 bridgehead atoms. The lowest BCUT2D eigenvalue weighted by Crippen LogP contribution is -2.16. The number of rotatable bonds is 7. The Hall–Kier alpha value is -2.97. The molecule has 9 heteroatoms. The second-order valence-corrected chi connectivity index (χ2v) is 7.95. The fraction of sp³-hybridized carbons (Fsp3) is 0.348. The quantitative estimate of drug-likeness (QED) is 0.477. The van der Waals surface area contributed by atoms with Gasteiger partial charge in [0, 0.05) is 24.8 Å². The molecule has 7 nitrogen and oxygen atoms in total. The van der Waals surface area contributed by atoms with E-state index in [4.69, 9.17) is 26.6 Å². The number of halogens is 2. The minimum Gasteiger partial charge on any atom is -0.481 e. The number of carboxylic acid groups (broad SMARTS) is 1. The number of benzene rings is 1. The van der Waals surface area contributed by atoms with E-state index in [9.17, 15) is 14.0 Å². The van der Waals surface area contributed by atoms with E-state index in [0.717, 1.165) is 25.0 Å². The van der Waals surface area contributed by atoms with Crippen LogP contribution in [-0.4, -0.2) is 39.9 Å². The molecule has 172 valence electrons. The molecule has 0 saturated heterocycles. The van der Waals surface area contributed by atoms with Gasteiger partial charge in [0.15, 0.2) is 0 Å². The molecule has 0 spiro atoms. The summed E-state index contributed by atoms with van der Waals surface area (Å²) in [4.78, 5) is 30.3. The molecule has 2 aromatic heterocycles. The molecule has 2 heterocycles. The predicted octanol–water partition coefficient (Wildman–Crippen LogP) is 4.43. The highest BCUT2D eigenvalue weighted by Gasteiger charge is 2.17. The smallest absolute Gasteiger partial charge is 0.341 e. The number of aromatic amines is 1. The van der Waals surface area contributed by atoms with E-state index in [0.29, 0.717) is 17.7 Å². The summed E-state index contributed by atoms with van der Waals surface area (Å²) < 4.78 is 19.4. The highest BCUT2D eigenvalue weighted by molar-refractivity contribution is 6.30. The summed E-state index contributed by atoms with van der Waals surface area (Å²) in [6.07, 6.45) is 3.26. The first-order valence-corrected chi connectivity index (χ1v) is 10.4. The van der Waals surface area contributed by atoms with Crippen molar-refractivity contribution < 1.29 is 24.1 Å². The van der Waals surface area contributed by atoms with Crippen LogP contribution in [0.5, 0.6) is 5.88 Å². The first-order chi connectivity index (χ1) is 15.2. The Morgan fingerprint density at radius 1 is 1.31 bits per heavy atom. The van der Waals surface area contributed by atoms with Gasteiger partial charge in [0.1, 0.15) is 17.0 Å². The van der Waals surface area contributed by atoms with Crippen molar-refractivity contribution >= 4 is 28.6 Å². The molecule has 3 aromatic rings. The monoisotopic (exact) mass is 464 g/mol. The Labute approximate surface area is 189 Å². The fourth-order valence-electron chi connectivity index (χ4n) is 3.02. The number of carboxylic acids is 1. The maximum atomic E-state index is 14.1. The van der Waals surface area contributed by atoms with Gasteiger partial charge in [-0.25, -0.2) is 9.18 Å². The number of methoxy groups -OCH3 is 1. The SMILES string of the molecule is CC(C)CCCO.COc1nc2[nH]cc(C(=O)O)c(=O)c2cc1Cc1cccc(Cl)c1F. The summed E-state index contributed by atoms with van der Waals surface area (Å²) in [5, 5.41) is 17.4. The van der Waals surface area contributed by atoms with Gasteiger partial charge in [-0.15, -0.1) is 0 Å². The zero-order valence-electron chi connectivity index (χ0n) is 18.1. The van der Waals surface area contributed by atoms with Crippen molar-refractivity contribution in [2.75, 3.05) is 13.7 Å². The Morgan fingerprint density at radius 2 is 2.03 bits per heavy atom. The molecular formula is C23H26ClFN2O5. The van der Waals surface area contributed by atoms with Crippen molar-refractivity contribution in [2.45, 2.75) is 33.1 Å². The summed E-state index contributed by atoms with van der Waals surface area (Å²) in [6, 6.07) is 6.05. The Morgan fingerprint density at radius 3 is 2.59 bits per heavy atom. The second kappa shape index (κ2) is 11.6. The van der Waals surface area contributed by atoms with Crippen molar-refractivity contribution in [1.29, 1.82) is 0 Å². The average Bonchev–Trinajstić information content (AvgIpc) is 2.75. The maximum Gasteiger partial charge on any atom is 0.341 e. The van der Waals surface area contributed by atoms with Gasteiger partial charge < -0.3 is 19.9 Å². The van der Waals surface area contributed by atoms with E-state index in [1.165, 1.54) is 19.2 Å². The topological polar surface area (TPSA) is 113 Å². The number of carbonyl (C=O) groups is 1. The standard InChI is InChI=1S/C17H12ClFN2O4.C6H14O/c1-25-16-9(5-8-3-2-4-12(18)13(8)19)6-10-14(22)11(17(23)24)7-20-15(10)21-16;1-6(2)4-3-5-7/h2-4,6-7H,5H2,1H3,(H,23,24)(H,20,21,22);6-7H,3-5H2,1-2H3. The number of nitrogens with zero attached hydrogens (tertiary/aromatic N) is 1. The first kappa shape index (κ1) is 25.3. The normalized spacial score (nSPS) is 10.7. The maximum absolute atomic E-state index is 14.1. The zero-order chi connectivity index (χ0) is 23.8. The lowest BCUT2D eigenvalue weighted by atomic mass is 10.0. The van der Waals surface area contributed by atoms with Crippen molar-refractivity contribution in [1.82, 2.24) is 9.97 Å². The van der Waals surface area contributed by atoms with Gasteiger partial charge in [0.05, 0.1) is 17.5 Å². The summed E-state index contributed by atoms with van der Waals surface area (Å²) in [5.74, 6) is -0.973. The number of fused-ring (bicyclic) bond motifs is 1. The van der Waals surface area contributed by atoms with Crippen LogP contribution >= 0.6 is 11.6 Å². The van der Waals surface area contributed by atoms with Crippen LogP contribution < -0.4 is 10.2 Å². The third kappa shape index (κ3) is 6.27. The summed E-state index contributed by atoms with van der Waals surface area (Å²) in [6.45, 7) is 4.67. The van der Waals surface area contributed by atoms with Crippen LogP contribution in [0.2, 0.25) is 5.02 Å². The van der Waals surface area contributed by atoms with Gasteiger partial charge in [0.2, 0.25) is 11.3 Å². The number of aliphatic hydroxyl groups excluding tert-OH is 1. The third-order valence-electron chi connectivity index (χ3n) is 4.68. The molecule has 1 aromatic carbocycles. The molecule has 0 unspecified atom stereocenters. The predicted molar refractivity (Wildman–Crippen MR) is 121 cm³/mol. The number of aliphatic hydroxyl groups is 1. The summed E-state index contributed by atoms with van der Waals surface area (Å²) in [5.41, 5.74) is -0.160. The molecule has 0 fully saturated rings. The Kier molecular flexibility index (Phi) is 9.16. The van der Waals surface area contributed by atoms with E-state index >= 15 is 0 Å². The lowest BCUT2D eigenvalue weighted by Gasteiger charge is -2.10. The van der Waals surface area contributed by atoms with Crippen LogP contribution in [0, 0.1) is 11.7 Å². The minimum atomic E-state index is -1.35. The summed E-state index contributed by atoms with van der Waals surface area (Å²) in [7, 11) is 1.40. The highest BCUT2D eigenvalue weighted by atomic mass is 35.5. The third-order valence-corrected chi connectivity index (χ3v) is 4.97. The Balaban J connectivity index is 0.000000451. The molecule has 3 N–H and O–H groups in total. The number of aromatic nitrogens is 2. The van der Waals surface area contributed by atoms with E-state index in [2.05, 4.69) is 23.8 Å². The van der Waals surface area contributed by atoms with E-state index < -0.39 is 22.8 Å². The number of hydrogen-bond donors (Lipinski definition) is 3. The van der Waals surface area contributed by atoms with E-state index in [1.54, 1.807) is 12.1 Å². The van der Waals surface area contributed by atoms with Crippen LogP contribution in [0.4, 0.5) is 4.39 Å². The molecule has 0 aliphatic carbocycles. The molecule has 32 heavy (non-hydrogen) atoms. The largest absolute Gasteiger partial charge is 0.481 e. The number of H-pyrrole nitrogens is 1. The van der Waals surface area contributed by atoms with Gasteiger partial charge in [-0.3, -0.25) is 4.79 Å². The van der Waals surface area contributed by atoms with Crippen LogP contribution in [0.25, 0.3) is 11.0 Å². The molecule has 0 saturated carbocycles. The van der Waals surface area contributed by atoms with Gasteiger partial charge in [-0.2, -0.15) is 4.98 Å². The highest BCUT2D eigenvalue weighted by Crippen LogP contribution is 2.26. The minimum absolute atomic E-state index is 0.0174. The van der Waals surface area contributed by atoms with Crippen LogP contribution in [-0.2, 0) is 6.42 Å². The first-order valence-electron chi connectivity index (χ1n) is 10.1. The van der Waals surface area contributed by atoms with Crippen LogP contribution in [0.15, 0.2) is 35.3 Å². The van der Waals surface area contributed by atoms with Gasteiger partial charge >= 0.3 is 5.97 Å². The molecule has 3 rings (SSSR count). The van der Waals surface area contributed by atoms with Crippen LogP contribution in [0.3, 0.4) is 0 Å². The molecule has 0 aliphatic heterocycles. The molecule has 0 atom stereocenters. The lowest BCUT2D eigenvalue weighted by molar-refractivity contribution is 0.0695. The van der Waals surface area contributed by atoms with E-state index in [-0.39, 0.29) is 28.4 Å². The van der Waals surface area contributed by atoms with Crippen molar-refractivity contribution in [3.8, 4) is 5.88 Å². The van der Waals surface area contributed by atoms with Crippen LogP contribution in [0.1, 0.15) is 48.2 Å². The average molecular weight is 465 g/mol. The van der Waals surface area contributed by atoms with Crippen molar-refractivity contribution in [3.63, 3.8) is 0 Å². The van der Waals surface area contributed by atoms with Gasteiger partial charge in [-0.1, -0.05) is 37.6 Å². The fourth-order valence-corrected chi connectivity index (χ4v) is 3.22. The molecular weight excluding hydrogens is 439 g/mol. The van der Waals surface area contributed by atoms with Crippen molar-refractivity contribution in [3.05, 3.63) is 68.2 Å². The number of ether oxygens (including phenoxy) is 1. The number of hydrogen-bond acceptors (Lipinski definition) is 5. The van der Waals surface area contributed by atoms with E-state index in [1.807, 2.05) is 0 Å². The molecule has 0 amide bonds. The Bertz CT molecular complexity index is 1150.